The van der Waals surface area contributed by atoms with Crippen molar-refractivity contribution in [1.82, 2.24) is 10.6 Å². The van der Waals surface area contributed by atoms with Crippen molar-refractivity contribution in [2.45, 2.75) is 46.7 Å². The zero-order chi connectivity index (χ0) is 15.7. The van der Waals surface area contributed by atoms with Gasteiger partial charge in [0.25, 0.3) is 0 Å². The number of aryl methyl sites for hydroxylation is 2. The number of nitrogens with two attached hydrogens (primary N) is 2. The summed E-state index contributed by atoms with van der Waals surface area (Å²) in [4.78, 5) is 0. The van der Waals surface area contributed by atoms with Crippen LogP contribution in [0.2, 0.25) is 0 Å². The Kier molecular flexibility index (Phi) is 8.54. The zero-order valence-electron chi connectivity index (χ0n) is 13.9. The summed E-state index contributed by atoms with van der Waals surface area (Å²) in [6.07, 6.45) is 2.05. The van der Waals surface area contributed by atoms with Crippen molar-refractivity contribution in [3.05, 3.63) is 33.9 Å². The average Bonchev–Trinajstić information content (AvgIpc) is 2.45. The fourth-order valence-electron chi connectivity index (χ4n) is 2.70. The quantitative estimate of drug-likeness (QED) is 0.493. The molecule has 1 rings (SSSR count). The van der Waals surface area contributed by atoms with Gasteiger partial charge in [0.1, 0.15) is 0 Å². The number of rotatable bonds is 10. The van der Waals surface area contributed by atoms with E-state index in [1.165, 1.54) is 27.8 Å². The van der Waals surface area contributed by atoms with Crippen LogP contribution in [0.4, 0.5) is 0 Å². The Bertz CT molecular complexity index is 393. The van der Waals surface area contributed by atoms with E-state index in [4.69, 9.17) is 11.5 Å². The maximum absolute atomic E-state index is 5.53. The third kappa shape index (κ3) is 5.75. The molecule has 0 heterocycles. The number of nitrogens with one attached hydrogen (secondary N) is 2. The van der Waals surface area contributed by atoms with Crippen molar-refractivity contribution < 1.29 is 0 Å². The smallest absolute Gasteiger partial charge is 0.0210 e. The van der Waals surface area contributed by atoms with Gasteiger partial charge in [-0.3, -0.25) is 0 Å². The monoisotopic (exact) mass is 292 g/mol. The van der Waals surface area contributed by atoms with Gasteiger partial charge in [-0.1, -0.05) is 6.07 Å². The summed E-state index contributed by atoms with van der Waals surface area (Å²) in [5, 5.41) is 6.98. The predicted molar refractivity (Wildman–Crippen MR) is 91.4 cm³/mol. The van der Waals surface area contributed by atoms with E-state index in [-0.39, 0.29) is 0 Å². The second-order valence-electron chi connectivity index (χ2n) is 5.73. The summed E-state index contributed by atoms with van der Waals surface area (Å²) < 4.78 is 0. The summed E-state index contributed by atoms with van der Waals surface area (Å²) in [6, 6.07) is 2.30. The van der Waals surface area contributed by atoms with E-state index in [2.05, 4.69) is 37.5 Å². The summed E-state index contributed by atoms with van der Waals surface area (Å²) in [7, 11) is 0. The van der Waals surface area contributed by atoms with Crippen LogP contribution in [-0.4, -0.2) is 26.2 Å². The van der Waals surface area contributed by atoms with E-state index in [9.17, 15) is 0 Å². The van der Waals surface area contributed by atoms with E-state index in [0.717, 1.165) is 52.1 Å². The molecule has 0 fully saturated rings. The standard InChI is InChI=1S/C17H32N4/c1-13-10-14(2)17(12-21-9-5-7-19)15(3)16(13)11-20-8-4-6-18/h10,20-21H,4-9,11-12,18-19H2,1-3H3. The normalized spacial score (nSPS) is 11.1. The van der Waals surface area contributed by atoms with Crippen molar-refractivity contribution in [3.8, 4) is 0 Å². The summed E-state index contributed by atoms with van der Waals surface area (Å²) in [5.74, 6) is 0. The fraction of sp³-hybridized carbons (Fsp3) is 0.647. The van der Waals surface area contributed by atoms with Crippen molar-refractivity contribution in [3.63, 3.8) is 0 Å². The highest BCUT2D eigenvalue weighted by atomic mass is 14.9. The first-order valence-corrected chi connectivity index (χ1v) is 8.02. The minimum Gasteiger partial charge on any atom is -0.330 e. The Morgan fingerprint density at radius 2 is 1.24 bits per heavy atom. The molecule has 6 N–H and O–H groups in total. The molecule has 4 nitrogen and oxygen atoms in total. The third-order valence-electron chi connectivity index (χ3n) is 4.01. The maximum Gasteiger partial charge on any atom is 0.0210 e. The average molecular weight is 292 g/mol. The van der Waals surface area contributed by atoms with Crippen molar-refractivity contribution in [2.75, 3.05) is 26.2 Å². The van der Waals surface area contributed by atoms with Gasteiger partial charge in [-0.05, 0) is 87.6 Å². The lowest BCUT2D eigenvalue weighted by atomic mass is 9.93. The second kappa shape index (κ2) is 9.90. The summed E-state index contributed by atoms with van der Waals surface area (Å²) in [5.41, 5.74) is 18.1. The van der Waals surface area contributed by atoms with Crippen LogP contribution in [0.5, 0.6) is 0 Å². The molecule has 0 aliphatic rings. The van der Waals surface area contributed by atoms with Crippen molar-refractivity contribution in [2.24, 2.45) is 11.5 Å². The van der Waals surface area contributed by atoms with E-state index >= 15 is 0 Å². The van der Waals surface area contributed by atoms with Crippen LogP contribution in [-0.2, 0) is 13.1 Å². The highest BCUT2D eigenvalue weighted by Gasteiger charge is 2.10. The molecule has 21 heavy (non-hydrogen) atoms. The van der Waals surface area contributed by atoms with Gasteiger partial charge in [-0.2, -0.15) is 0 Å². The van der Waals surface area contributed by atoms with Crippen LogP contribution in [0, 0.1) is 20.8 Å². The van der Waals surface area contributed by atoms with Crippen molar-refractivity contribution in [1.29, 1.82) is 0 Å². The highest BCUT2D eigenvalue weighted by molar-refractivity contribution is 5.44. The van der Waals surface area contributed by atoms with Crippen LogP contribution in [0.25, 0.3) is 0 Å². The Morgan fingerprint density at radius 1 is 0.810 bits per heavy atom. The molecular weight excluding hydrogens is 260 g/mol. The van der Waals surface area contributed by atoms with Gasteiger partial charge in [-0.15, -0.1) is 0 Å². The lowest BCUT2D eigenvalue weighted by Gasteiger charge is -2.18. The number of benzene rings is 1. The van der Waals surface area contributed by atoms with Crippen LogP contribution < -0.4 is 22.1 Å². The minimum absolute atomic E-state index is 0.745. The molecule has 0 atom stereocenters. The van der Waals surface area contributed by atoms with Crippen LogP contribution >= 0.6 is 0 Å². The maximum atomic E-state index is 5.53. The highest BCUT2D eigenvalue weighted by Crippen LogP contribution is 2.22. The SMILES string of the molecule is Cc1cc(C)c(CNCCCN)c(C)c1CNCCCN. The van der Waals surface area contributed by atoms with E-state index in [1.807, 2.05) is 0 Å². The second-order valence-corrected chi connectivity index (χ2v) is 5.73. The fourth-order valence-corrected chi connectivity index (χ4v) is 2.70. The number of hydrogen-bond acceptors (Lipinski definition) is 4. The Morgan fingerprint density at radius 3 is 1.62 bits per heavy atom. The molecule has 0 bridgehead atoms. The van der Waals surface area contributed by atoms with Gasteiger partial charge < -0.3 is 22.1 Å². The molecule has 1 aromatic carbocycles. The van der Waals surface area contributed by atoms with Gasteiger partial charge in [0.2, 0.25) is 0 Å². The zero-order valence-corrected chi connectivity index (χ0v) is 13.9. The van der Waals surface area contributed by atoms with Crippen LogP contribution in [0.15, 0.2) is 6.07 Å². The van der Waals surface area contributed by atoms with Gasteiger partial charge >= 0.3 is 0 Å². The molecule has 0 radical (unpaired) electrons. The van der Waals surface area contributed by atoms with E-state index in [0.29, 0.717) is 0 Å². The molecular formula is C17H32N4. The van der Waals surface area contributed by atoms with Gasteiger partial charge in [0.05, 0.1) is 0 Å². The molecule has 0 saturated carbocycles. The van der Waals surface area contributed by atoms with Gasteiger partial charge in [0.15, 0.2) is 0 Å². The molecule has 120 valence electrons. The molecule has 0 spiro atoms. The van der Waals surface area contributed by atoms with Crippen molar-refractivity contribution >= 4 is 0 Å². The topological polar surface area (TPSA) is 76.1 Å². The third-order valence-corrected chi connectivity index (χ3v) is 4.01. The first-order chi connectivity index (χ1) is 10.1. The first-order valence-electron chi connectivity index (χ1n) is 8.02. The van der Waals surface area contributed by atoms with E-state index < -0.39 is 0 Å². The Hall–Kier alpha value is -0.940. The minimum atomic E-state index is 0.745. The molecule has 0 aliphatic heterocycles. The van der Waals surface area contributed by atoms with Crippen LogP contribution in [0.1, 0.15) is 40.7 Å². The molecule has 0 amide bonds. The lowest BCUT2D eigenvalue weighted by Crippen LogP contribution is -2.21. The first kappa shape index (κ1) is 18.1. The molecule has 0 aromatic heterocycles. The Balaban J connectivity index is 2.74. The van der Waals surface area contributed by atoms with Gasteiger partial charge in [-0.25, -0.2) is 0 Å². The molecule has 0 aliphatic carbocycles. The largest absolute Gasteiger partial charge is 0.330 e. The summed E-state index contributed by atoms with van der Waals surface area (Å²) in [6.45, 7) is 11.9. The van der Waals surface area contributed by atoms with Gasteiger partial charge in [0, 0.05) is 13.1 Å². The molecule has 4 heteroatoms. The summed E-state index contributed by atoms with van der Waals surface area (Å²) >= 11 is 0. The van der Waals surface area contributed by atoms with E-state index in [1.54, 1.807) is 0 Å². The van der Waals surface area contributed by atoms with Crippen LogP contribution in [0.3, 0.4) is 0 Å². The Labute approximate surface area is 129 Å². The lowest BCUT2D eigenvalue weighted by molar-refractivity contribution is 0.640. The predicted octanol–water partition coefficient (Wildman–Crippen LogP) is 1.49. The molecule has 0 saturated heterocycles. The number of hydrogen-bond donors (Lipinski definition) is 4. The molecule has 0 unspecified atom stereocenters. The molecule has 1 aromatic rings.